The maximum Gasteiger partial charge on any atom is 0.343 e. The molecule has 0 spiro atoms. The molecule has 162 valence electrons. The SMILES string of the molecule is CC.CC1CCC(c2ccc(OC(=O)c3ccc(CCC=C(F)F)cc3)cc2)CC1. The first-order chi connectivity index (χ1) is 14.5. The lowest BCUT2D eigenvalue weighted by molar-refractivity contribution is 0.0734. The molecule has 0 amide bonds. The van der Waals surface area contributed by atoms with Crippen LogP contribution in [0.4, 0.5) is 8.78 Å². The van der Waals surface area contributed by atoms with Gasteiger partial charge in [0.05, 0.1) is 5.56 Å². The third-order valence-corrected chi connectivity index (χ3v) is 5.50. The van der Waals surface area contributed by atoms with Crippen molar-refractivity contribution in [3.63, 3.8) is 0 Å². The Bertz CT molecular complexity index is 798. The summed E-state index contributed by atoms with van der Waals surface area (Å²) in [6.45, 7) is 6.31. The largest absolute Gasteiger partial charge is 0.423 e. The van der Waals surface area contributed by atoms with Gasteiger partial charge in [0, 0.05) is 0 Å². The second-order valence-electron chi connectivity index (χ2n) is 7.64. The third kappa shape index (κ3) is 7.40. The topological polar surface area (TPSA) is 26.3 Å². The molecule has 0 aliphatic heterocycles. The van der Waals surface area contributed by atoms with Crippen molar-refractivity contribution in [2.75, 3.05) is 0 Å². The third-order valence-electron chi connectivity index (χ3n) is 5.50. The molecule has 3 rings (SSSR count). The summed E-state index contributed by atoms with van der Waals surface area (Å²) in [7, 11) is 0. The van der Waals surface area contributed by atoms with E-state index in [9.17, 15) is 13.6 Å². The monoisotopic (exact) mass is 414 g/mol. The van der Waals surface area contributed by atoms with E-state index in [-0.39, 0.29) is 6.42 Å². The van der Waals surface area contributed by atoms with Crippen molar-refractivity contribution in [2.24, 2.45) is 5.92 Å². The lowest BCUT2D eigenvalue weighted by Gasteiger charge is -2.26. The summed E-state index contributed by atoms with van der Waals surface area (Å²) in [4.78, 5) is 12.3. The number of allylic oxidation sites excluding steroid dienone is 1. The predicted octanol–water partition coefficient (Wildman–Crippen LogP) is 7.94. The Labute approximate surface area is 179 Å². The Morgan fingerprint density at radius 1 is 0.967 bits per heavy atom. The molecule has 0 heterocycles. The van der Waals surface area contributed by atoms with Gasteiger partial charge in [0.15, 0.2) is 0 Å². The second kappa shape index (κ2) is 12.3. The van der Waals surface area contributed by atoms with Crippen molar-refractivity contribution in [2.45, 2.75) is 65.2 Å². The molecule has 0 saturated heterocycles. The fourth-order valence-corrected chi connectivity index (χ4v) is 3.72. The van der Waals surface area contributed by atoms with Crippen LogP contribution in [0.2, 0.25) is 0 Å². The predicted molar refractivity (Wildman–Crippen MR) is 118 cm³/mol. The van der Waals surface area contributed by atoms with Gasteiger partial charge >= 0.3 is 5.97 Å². The van der Waals surface area contributed by atoms with Crippen molar-refractivity contribution < 1.29 is 18.3 Å². The number of esters is 1. The van der Waals surface area contributed by atoms with E-state index in [0.29, 0.717) is 23.7 Å². The van der Waals surface area contributed by atoms with Gasteiger partial charge < -0.3 is 4.74 Å². The first kappa shape index (κ1) is 23.8. The van der Waals surface area contributed by atoms with Crippen LogP contribution in [0.1, 0.15) is 80.3 Å². The first-order valence-electron chi connectivity index (χ1n) is 10.9. The highest BCUT2D eigenvalue weighted by molar-refractivity contribution is 5.91. The molecule has 1 aliphatic rings. The van der Waals surface area contributed by atoms with Crippen molar-refractivity contribution in [3.05, 3.63) is 77.4 Å². The van der Waals surface area contributed by atoms with E-state index in [1.807, 2.05) is 26.0 Å². The summed E-state index contributed by atoms with van der Waals surface area (Å²) in [5.74, 6) is 1.55. The van der Waals surface area contributed by atoms with Crippen molar-refractivity contribution in [1.82, 2.24) is 0 Å². The van der Waals surface area contributed by atoms with Crippen LogP contribution in [0.3, 0.4) is 0 Å². The van der Waals surface area contributed by atoms with Gasteiger partial charge in [0.2, 0.25) is 0 Å². The lowest BCUT2D eigenvalue weighted by Crippen LogP contribution is -2.11. The van der Waals surface area contributed by atoms with Gasteiger partial charge in [-0.1, -0.05) is 57.9 Å². The van der Waals surface area contributed by atoms with Gasteiger partial charge in [-0.3, -0.25) is 0 Å². The van der Waals surface area contributed by atoms with Crippen LogP contribution >= 0.6 is 0 Å². The van der Waals surface area contributed by atoms with Crippen LogP contribution in [0.5, 0.6) is 5.75 Å². The maximum atomic E-state index is 12.3. The summed E-state index contributed by atoms with van der Waals surface area (Å²) in [6.07, 6.45) is 5.02. The van der Waals surface area contributed by atoms with Gasteiger partial charge in [0.25, 0.3) is 6.08 Å². The molecule has 0 bridgehead atoms. The minimum atomic E-state index is -1.66. The average Bonchev–Trinajstić information content (AvgIpc) is 2.76. The highest BCUT2D eigenvalue weighted by atomic mass is 19.3. The average molecular weight is 415 g/mol. The van der Waals surface area contributed by atoms with Crippen LogP contribution in [0.25, 0.3) is 0 Å². The lowest BCUT2D eigenvalue weighted by atomic mass is 9.79. The molecule has 1 aliphatic carbocycles. The Morgan fingerprint density at radius 2 is 1.57 bits per heavy atom. The zero-order valence-corrected chi connectivity index (χ0v) is 18.2. The number of carbonyl (C=O) groups is 1. The summed E-state index contributed by atoms with van der Waals surface area (Å²) in [5.41, 5.74) is 2.66. The number of halogens is 2. The number of ether oxygens (including phenoxy) is 1. The van der Waals surface area contributed by atoms with Crippen molar-refractivity contribution in [1.29, 1.82) is 0 Å². The summed E-state index contributed by atoms with van der Waals surface area (Å²) >= 11 is 0. The molecule has 0 radical (unpaired) electrons. The number of rotatable bonds is 6. The summed E-state index contributed by atoms with van der Waals surface area (Å²) in [6, 6.07) is 14.7. The van der Waals surface area contributed by atoms with Gasteiger partial charge in [-0.15, -0.1) is 0 Å². The molecular weight excluding hydrogens is 382 g/mol. The number of carbonyl (C=O) groups excluding carboxylic acids is 1. The van der Waals surface area contributed by atoms with Crippen molar-refractivity contribution >= 4 is 5.97 Å². The molecule has 0 unspecified atom stereocenters. The molecule has 2 aromatic carbocycles. The zero-order chi connectivity index (χ0) is 21.9. The number of hydrogen-bond acceptors (Lipinski definition) is 2. The molecule has 4 heteroatoms. The quantitative estimate of drug-likeness (QED) is 0.354. The van der Waals surface area contributed by atoms with E-state index in [1.165, 1.54) is 31.2 Å². The van der Waals surface area contributed by atoms with E-state index < -0.39 is 12.0 Å². The van der Waals surface area contributed by atoms with E-state index in [0.717, 1.165) is 17.6 Å². The van der Waals surface area contributed by atoms with Crippen molar-refractivity contribution in [3.8, 4) is 5.75 Å². The number of aryl methyl sites for hydroxylation is 1. The van der Waals surface area contributed by atoms with E-state index in [2.05, 4.69) is 19.1 Å². The van der Waals surface area contributed by atoms with E-state index in [1.54, 1.807) is 24.3 Å². The Hall–Kier alpha value is -2.49. The minimum absolute atomic E-state index is 0.276. The Kier molecular flexibility index (Phi) is 9.72. The van der Waals surface area contributed by atoms with Gasteiger partial charge in [-0.2, -0.15) is 8.78 Å². The standard InChI is InChI=1S/C24H26F2O2.C2H6/c1-17-5-9-19(10-6-17)20-13-15-22(16-14-20)28-24(27)21-11-7-18(8-12-21)3-2-4-23(25)26;1-2/h4,7-8,11-17,19H,2-3,5-6,9-10H2,1H3;1-2H3. The summed E-state index contributed by atoms with van der Waals surface area (Å²) < 4.78 is 29.6. The molecule has 0 atom stereocenters. The van der Waals surface area contributed by atoms with Gasteiger partial charge in [-0.25, -0.2) is 4.79 Å². The van der Waals surface area contributed by atoms with Crippen LogP contribution in [-0.2, 0) is 6.42 Å². The normalized spacial score (nSPS) is 18.0. The van der Waals surface area contributed by atoms with Crippen LogP contribution in [0, 0.1) is 5.92 Å². The van der Waals surface area contributed by atoms with Crippen LogP contribution < -0.4 is 4.74 Å². The second-order valence-corrected chi connectivity index (χ2v) is 7.64. The number of hydrogen-bond donors (Lipinski definition) is 0. The van der Waals surface area contributed by atoms with E-state index >= 15 is 0 Å². The fraction of sp³-hybridized carbons (Fsp3) is 0.423. The van der Waals surface area contributed by atoms with Crippen LogP contribution in [-0.4, -0.2) is 5.97 Å². The molecule has 0 N–H and O–H groups in total. The fourth-order valence-electron chi connectivity index (χ4n) is 3.72. The molecular formula is C26H32F2O2. The maximum absolute atomic E-state index is 12.3. The molecule has 2 nitrogen and oxygen atoms in total. The molecule has 2 aromatic rings. The Morgan fingerprint density at radius 3 is 2.13 bits per heavy atom. The summed E-state index contributed by atoms with van der Waals surface area (Å²) in [5, 5.41) is 0. The van der Waals surface area contributed by atoms with Gasteiger partial charge in [0.1, 0.15) is 5.75 Å². The van der Waals surface area contributed by atoms with Gasteiger partial charge in [-0.05, 0) is 79.0 Å². The molecule has 0 aromatic heterocycles. The Balaban J connectivity index is 0.00000155. The van der Waals surface area contributed by atoms with E-state index in [4.69, 9.17) is 4.74 Å². The molecule has 30 heavy (non-hydrogen) atoms. The number of benzene rings is 2. The van der Waals surface area contributed by atoms with Crippen LogP contribution in [0.15, 0.2) is 60.7 Å². The first-order valence-corrected chi connectivity index (χ1v) is 10.9. The highest BCUT2D eigenvalue weighted by Gasteiger charge is 2.19. The molecule has 1 saturated carbocycles. The molecule has 1 fully saturated rings. The zero-order valence-electron chi connectivity index (χ0n) is 18.2. The minimum Gasteiger partial charge on any atom is -0.423 e. The smallest absolute Gasteiger partial charge is 0.343 e. The highest BCUT2D eigenvalue weighted by Crippen LogP contribution is 2.36.